The van der Waals surface area contributed by atoms with E-state index in [4.69, 9.17) is 4.74 Å². The number of nitrogens with zero attached hydrogens (tertiary/aromatic N) is 1. The van der Waals surface area contributed by atoms with Crippen LogP contribution in [0.1, 0.15) is 37.0 Å². The smallest absolute Gasteiger partial charge is 0.265 e. The van der Waals surface area contributed by atoms with E-state index < -0.39 is 6.10 Å². The van der Waals surface area contributed by atoms with Gasteiger partial charge in [0.2, 0.25) is 0 Å². The zero-order valence-electron chi connectivity index (χ0n) is 14.0. The summed E-state index contributed by atoms with van der Waals surface area (Å²) in [5.74, 6) is 0.772. The number of hydrogen-bond acceptors (Lipinski definition) is 4. The van der Waals surface area contributed by atoms with Gasteiger partial charge in [0.25, 0.3) is 11.8 Å². The van der Waals surface area contributed by atoms with Gasteiger partial charge in [-0.3, -0.25) is 14.5 Å². The lowest BCUT2D eigenvalue weighted by Gasteiger charge is -2.24. The number of carbonyl (C=O) groups is 2. The molecule has 0 aromatic heterocycles. The number of carbonyl (C=O) groups excluding carboxylic acids is 2. The van der Waals surface area contributed by atoms with Gasteiger partial charge in [-0.15, -0.1) is 0 Å². The lowest BCUT2D eigenvalue weighted by molar-refractivity contribution is -0.122. The molecule has 0 spiro atoms. The maximum Gasteiger partial charge on any atom is 0.265 e. The Morgan fingerprint density at radius 2 is 2.08 bits per heavy atom. The summed E-state index contributed by atoms with van der Waals surface area (Å²) in [6, 6.07) is 6.09. The first-order chi connectivity index (χ1) is 11.5. The van der Waals surface area contributed by atoms with Gasteiger partial charge >= 0.3 is 0 Å². The molecule has 1 aromatic carbocycles. The van der Waals surface area contributed by atoms with E-state index in [1.54, 1.807) is 25.1 Å². The number of anilines is 1. The molecule has 1 aliphatic carbocycles. The van der Waals surface area contributed by atoms with Crippen LogP contribution in [0.3, 0.4) is 0 Å². The molecule has 3 aliphatic rings. The minimum absolute atomic E-state index is 0.0971. The predicted octanol–water partition coefficient (Wildman–Crippen LogP) is 1.62. The van der Waals surface area contributed by atoms with E-state index in [1.807, 2.05) is 0 Å². The number of rotatable bonds is 3. The summed E-state index contributed by atoms with van der Waals surface area (Å²) < 4.78 is 5.53. The molecule has 2 amide bonds. The van der Waals surface area contributed by atoms with Crippen LogP contribution in [-0.4, -0.2) is 48.0 Å². The second kappa shape index (κ2) is 5.77. The van der Waals surface area contributed by atoms with Crippen molar-refractivity contribution in [3.63, 3.8) is 0 Å². The summed E-state index contributed by atoms with van der Waals surface area (Å²) >= 11 is 0. The molecule has 0 bridgehead atoms. The average molecular weight is 329 g/mol. The van der Waals surface area contributed by atoms with Gasteiger partial charge in [0.1, 0.15) is 5.75 Å². The molecule has 6 nitrogen and oxygen atoms in total. The van der Waals surface area contributed by atoms with Crippen LogP contribution >= 0.6 is 0 Å². The van der Waals surface area contributed by atoms with Crippen LogP contribution in [0.15, 0.2) is 18.2 Å². The molecule has 1 aromatic rings. The van der Waals surface area contributed by atoms with Crippen LogP contribution in [-0.2, 0) is 4.79 Å². The number of ether oxygens (including phenoxy) is 1. The van der Waals surface area contributed by atoms with Crippen molar-refractivity contribution in [2.75, 3.05) is 18.4 Å². The second-order valence-electron chi connectivity index (χ2n) is 7.20. The molecular formula is C18H23N3O3. The van der Waals surface area contributed by atoms with E-state index in [-0.39, 0.29) is 17.9 Å². The number of fused-ring (bicyclic) bond motifs is 1. The topological polar surface area (TPSA) is 70.7 Å². The molecule has 128 valence electrons. The lowest BCUT2D eigenvalue weighted by Crippen LogP contribution is -2.40. The lowest BCUT2D eigenvalue weighted by atomic mass is 10.1. The number of likely N-dealkylation sites (tertiary alicyclic amines) is 1. The van der Waals surface area contributed by atoms with Gasteiger partial charge in [-0.25, -0.2) is 0 Å². The van der Waals surface area contributed by atoms with Crippen molar-refractivity contribution in [3.05, 3.63) is 23.8 Å². The Morgan fingerprint density at radius 3 is 2.83 bits per heavy atom. The monoisotopic (exact) mass is 329 g/mol. The molecular weight excluding hydrogens is 306 g/mol. The zero-order chi connectivity index (χ0) is 16.8. The minimum Gasteiger partial charge on any atom is -0.479 e. The number of benzene rings is 1. The fraction of sp³-hybridized carbons (Fsp3) is 0.556. The van der Waals surface area contributed by atoms with E-state index >= 15 is 0 Å². The summed E-state index contributed by atoms with van der Waals surface area (Å²) in [5.41, 5.74) is 1.11. The summed E-state index contributed by atoms with van der Waals surface area (Å²) in [4.78, 5) is 26.8. The van der Waals surface area contributed by atoms with E-state index in [1.165, 1.54) is 12.8 Å². The minimum atomic E-state index is -0.509. The molecule has 24 heavy (non-hydrogen) atoms. The van der Waals surface area contributed by atoms with Crippen LogP contribution in [0.4, 0.5) is 5.69 Å². The highest BCUT2D eigenvalue weighted by Gasteiger charge is 2.38. The fourth-order valence-electron chi connectivity index (χ4n) is 3.53. The maximum atomic E-state index is 12.6. The summed E-state index contributed by atoms with van der Waals surface area (Å²) in [6.07, 6.45) is 2.07. The quantitative estimate of drug-likeness (QED) is 0.884. The van der Waals surface area contributed by atoms with Crippen molar-refractivity contribution < 1.29 is 14.3 Å². The van der Waals surface area contributed by atoms with Gasteiger partial charge in [-0.2, -0.15) is 0 Å². The number of amides is 2. The van der Waals surface area contributed by atoms with E-state index in [0.29, 0.717) is 22.9 Å². The Labute approximate surface area is 141 Å². The van der Waals surface area contributed by atoms with Crippen LogP contribution in [0, 0.1) is 5.92 Å². The van der Waals surface area contributed by atoms with Crippen LogP contribution in [0.2, 0.25) is 0 Å². The van der Waals surface area contributed by atoms with Crippen LogP contribution in [0.5, 0.6) is 5.75 Å². The van der Waals surface area contributed by atoms with Crippen molar-refractivity contribution in [1.29, 1.82) is 0 Å². The molecule has 1 saturated heterocycles. The van der Waals surface area contributed by atoms with Gasteiger partial charge < -0.3 is 15.4 Å². The Morgan fingerprint density at radius 1 is 1.29 bits per heavy atom. The molecule has 0 radical (unpaired) electrons. The van der Waals surface area contributed by atoms with Crippen molar-refractivity contribution in [2.45, 2.75) is 44.9 Å². The van der Waals surface area contributed by atoms with Crippen molar-refractivity contribution in [2.24, 2.45) is 5.92 Å². The van der Waals surface area contributed by atoms with Crippen LogP contribution < -0.4 is 15.4 Å². The molecule has 6 heteroatoms. The molecule has 2 N–H and O–H groups in total. The number of hydrogen-bond donors (Lipinski definition) is 2. The van der Waals surface area contributed by atoms with Crippen LogP contribution in [0.25, 0.3) is 0 Å². The van der Waals surface area contributed by atoms with E-state index in [9.17, 15) is 9.59 Å². The van der Waals surface area contributed by atoms with E-state index in [0.717, 1.165) is 19.1 Å². The predicted molar refractivity (Wildman–Crippen MR) is 90.2 cm³/mol. The SMILES string of the molecule is CC1Oc2ccc(C(=O)N[C@H]3CN(C4CC4)C[C@@H]3C)cc2NC1=O. The zero-order valence-corrected chi connectivity index (χ0v) is 14.0. The Hall–Kier alpha value is -2.08. The van der Waals surface area contributed by atoms with Crippen molar-refractivity contribution in [1.82, 2.24) is 10.2 Å². The Balaban J connectivity index is 1.45. The molecule has 1 unspecified atom stereocenters. The highest BCUT2D eigenvalue weighted by molar-refractivity contribution is 6.01. The van der Waals surface area contributed by atoms with Gasteiger partial charge in [0, 0.05) is 30.7 Å². The van der Waals surface area contributed by atoms with Crippen molar-refractivity contribution >= 4 is 17.5 Å². The highest BCUT2D eigenvalue weighted by atomic mass is 16.5. The van der Waals surface area contributed by atoms with Gasteiger partial charge in [0.05, 0.1) is 5.69 Å². The molecule has 2 aliphatic heterocycles. The third-order valence-corrected chi connectivity index (χ3v) is 5.19. The third kappa shape index (κ3) is 2.86. The summed E-state index contributed by atoms with van der Waals surface area (Å²) in [7, 11) is 0. The maximum absolute atomic E-state index is 12.6. The highest BCUT2D eigenvalue weighted by Crippen LogP contribution is 2.32. The first-order valence-corrected chi connectivity index (χ1v) is 8.68. The number of nitrogens with one attached hydrogen (secondary N) is 2. The van der Waals surface area contributed by atoms with Crippen molar-refractivity contribution in [3.8, 4) is 5.75 Å². The standard InChI is InChI=1S/C18H23N3O3/c1-10-8-21(13-4-5-13)9-15(10)20-18(23)12-3-6-16-14(7-12)19-17(22)11(2)24-16/h3,6-7,10-11,13,15H,4-5,8-9H2,1-2H3,(H,19,22)(H,20,23)/t10-,11?,15-/m0/s1. The molecule has 3 atom stereocenters. The third-order valence-electron chi connectivity index (χ3n) is 5.19. The molecule has 2 fully saturated rings. The fourth-order valence-corrected chi connectivity index (χ4v) is 3.53. The molecule has 2 heterocycles. The molecule has 1 saturated carbocycles. The second-order valence-corrected chi connectivity index (χ2v) is 7.20. The first kappa shape index (κ1) is 15.4. The average Bonchev–Trinajstić information content (AvgIpc) is 3.33. The summed E-state index contributed by atoms with van der Waals surface area (Å²) in [5, 5.41) is 5.94. The Kier molecular flexibility index (Phi) is 3.72. The van der Waals surface area contributed by atoms with E-state index in [2.05, 4.69) is 22.5 Å². The largest absolute Gasteiger partial charge is 0.479 e. The summed E-state index contributed by atoms with van der Waals surface area (Å²) in [6.45, 7) is 5.88. The van der Waals surface area contributed by atoms with Gasteiger partial charge in [0.15, 0.2) is 6.10 Å². The Bertz CT molecular complexity index is 686. The van der Waals surface area contributed by atoms with Gasteiger partial charge in [-0.05, 0) is 43.9 Å². The first-order valence-electron chi connectivity index (χ1n) is 8.68. The van der Waals surface area contributed by atoms with Gasteiger partial charge in [-0.1, -0.05) is 6.92 Å². The molecule has 4 rings (SSSR count). The normalized spacial score (nSPS) is 29.6.